The van der Waals surface area contributed by atoms with Crippen LogP contribution in [0.4, 0.5) is 0 Å². The zero-order valence-electron chi connectivity index (χ0n) is 8.05. The van der Waals surface area contributed by atoms with Crippen molar-refractivity contribution in [1.82, 2.24) is 5.16 Å². The molecule has 0 fully saturated rings. The van der Waals surface area contributed by atoms with Gasteiger partial charge in [0.05, 0.1) is 6.61 Å². The highest BCUT2D eigenvalue weighted by molar-refractivity contribution is 5.16. The predicted octanol–water partition coefficient (Wildman–Crippen LogP) is 2.37. The van der Waals surface area contributed by atoms with E-state index in [0.717, 1.165) is 5.76 Å². The third kappa shape index (κ3) is 2.00. The molecule has 1 rings (SSSR count). The Morgan fingerprint density at radius 1 is 1.50 bits per heavy atom. The van der Waals surface area contributed by atoms with E-state index in [1.807, 2.05) is 13.0 Å². The highest BCUT2D eigenvalue weighted by Gasteiger charge is 2.19. The van der Waals surface area contributed by atoms with Crippen molar-refractivity contribution in [3.8, 4) is 5.88 Å². The van der Waals surface area contributed by atoms with Gasteiger partial charge in [-0.05, 0) is 12.1 Å². The van der Waals surface area contributed by atoms with Gasteiger partial charge in [-0.1, -0.05) is 20.8 Å². The van der Waals surface area contributed by atoms with E-state index < -0.39 is 0 Å². The Bertz CT molecular complexity index is 247. The fourth-order valence-electron chi connectivity index (χ4n) is 0.828. The highest BCUT2D eigenvalue weighted by atomic mass is 16.5. The van der Waals surface area contributed by atoms with Crippen molar-refractivity contribution in [3.05, 3.63) is 11.8 Å². The van der Waals surface area contributed by atoms with Crippen molar-refractivity contribution < 1.29 is 9.26 Å². The maximum absolute atomic E-state index is 5.18. The molecule has 1 aromatic rings. The average molecular weight is 169 g/mol. The molecule has 3 heteroatoms. The Morgan fingerprint density at radius 2 is 2.17 bits per heavy atom. The Hall–Kier alpha value is -0.990. The molecule has 1 aromatic heterocycles. The molecule has 0 saturated carbocycles. The number of rotatable bonds is 2. The predicted molar refractivity (Wildman–Crippen MR) is 46.4 cm³/mol. The van der Waals surface area contributed by atoms with E-state index in [0.29, 0.717) is 12.5 Å². The number of hydrogen-bond acceptors (Lipinski definition) is 3. The third-order valence-electron chi connectivity index (χ3n) is 1.52. The SMILES string of the molecule is CCOc1cc(C(C)(C)C)on1. The zero-order chi connectivity index (χ0) is 9.19. The summed E-state index contributed by atoms with van der Waals surface area (Å²) in [6.07, 6.45) is 0. The van der Waals surface area contributed by atoms with Gasteiger partial charge in [0, 0.05) is 11.5 Å². The van der Waals surface area contributed by atoms with Crippen molar-refractivity contribution in [1.29, 1.82) is 0 Å². The van der Waals surface area contributed by atoms with Gasteiger partial charge in [0.15, 0.2) is 0 Å². The first-order valence-corrected chi connectivity index (χ1v) is 4.14. The molecule has 1 heterocycles. The minimum atomic E-state index is 0.00233. The summed E-state index contributed by atoms with van der Waals surface area (Å²) in [4.78, 5) is 0. The summed E-state index contributed by atoms with van der Waals surface area (Å²) in [6.45, 7) is 8.76. The van der Waals surface area contributed by atoms with Gasteiger partial charge >= 0.3 is 0 Å². The fourth-order valence-corrected chi connectivity index (χ4v) is 0.828. The first-order chi connectivity index (χ1) is 5.54. The molecular formula is C9H15NO2. The Labute approximate surface area is 72.7 Å². The lowest BCUT2D eigenvalue weighted by atomic mass is 9.94. The molecule has 12 heavy (non-hydrogen) atoms. The number of nitrogens with zero attached hydrogens (tertiary/aromatic N) is 1. The van der Waals surface area contributed by atoms with Crippen LogP contribution in [0.15, 0.2) is 10.6 Å². The van der Waals surface area contributed by atoms with Gasteiger partial charge in [0.1, 0.15) is 5.76 Å². The van der Waals surface area contributed by atoms with Crippen LogP contribution in [0.1, 0.15) is 33.5 Å². The molecule has 0 N–H and O–H groups in total. The Balaban J connectivity index is 2.77. The summed E-state index contributed by atoms with van der Waals surface area (Å²) in [7, 11) is 0. The molecule has 3 nitrogen and oxygen atoms in total. The fraction of sp³-hybridized carbons (Fsp3) is 0.667. The molecule has 0 atom stereocenters. The van der Waals surface area contributed by atoms with Gasteiger partial charge < -0.3 is 9.26 Å². The summed E-state index contributed by atoms with van der Waals surface area (Å²) in [5, 5.41) is 3.78. The summed E-state index contributed by atoms with van der Waals surface area (Å²) in [5.41, 5.74) is 0.00233. The van der Waals surface area contributed by atoms with Gasteiger partial charge in [-0.3, -0.25) is 0 Å². The van der Waals surface area contributed by atoms with Crippen molar-refractivity contribution in [3.63, 3.8) is 0 Å². The summed E-state index contributed by atoms with van der Waals surface area (Å²) in [5.74, 6) is 1.42. The van der Waals surface area contributed by atoms with E-state index in [1.165, 1.54) is 0 Å². The third-order valence-corrected chi connectivity index (χ3v) is 1.52. The summed E-state index contributed by atoms with van der Waals surface area (Å²) >= 11 is 0. The second kappa shape index (κ2) is 3.17. The molecule has 0 aromatic carbocycles. The van der Waals surface area contributed by atoms with Crippen molar-refractivity contribution in [2.24, 2.45) is 0 Å². The summed E-state index contributed by atoms with van der Waals surface area (Å²) in [6, 6.07) is 1.84. The molecule has 0 unspecified atom stereocenters. The number of aromatic nitrogens is 1. The maximum Gasteiger partial charge on any atom is 0.254 e. The van der Waals surface area contributed by atoms with Crippen LogP contribution >= 0.6 is 0 Å². The minimum absolute atomic E-state index is 0.00233. The van der Waals surface area contributed by atoms with E-state index in [1.54, 1.807) is 0 Å². The summed E-state index contributed by atoms with van der Waals surface area (Å²) < 4.78 is 10.3. The zero-order valence-corrected chi connectivity index (χ0v) is 8.05. The Morgan fingerprint density at radius 3 is 2.58 bits per heavy atom. The van der Waals surface area contributed by atoms with E-state index in [4.69, 9.17) is 9.26 Å². The normalized spacial score (nSPS) is 11.7. The van der Waals surface area contributed by atoms with E-state index in [9.17, 15) is 0 Å². The van der Waals surface area contributed by atoms with Crippen molar-refractivity contribution in [2.45, 2.75) is 33.1 Å². The molecule has 0 radical (unpaired) electrons. The van der Waals surface area contributed by atoms with Gasteiger partial charge in [-0.15, -0.1) is 0 Å². The van der Waals surface area contributed by atoms with Gasteiger partial charge in [0.2, 0.25) is 0 Å². The topological polar surface area (TPSA) is 35.3 Å². The van der Waals surface area contributed by atoms with Crippen LogP contribution in [-0.4, -0.2) is 11.8 Å². The molecule has 0 amide bonds. The van der Waals surface area contributed by atoms with E-state index >= 15 is 0 Å². The molecule has 0 saturated heterocycles. The Kier molecular flexibility index (Phi) is 2.40. The molecular weight excluding hydrogens is 154 g/mol. The van der Waals surface area contributed by atoms with Crippen molar-refractivity contribution >= 4 is 0 Å². The highest BCUT2D eigenvalue weighted by Crippen LogP contribution is 2.25. The molecule has 0 bridgehead atoms. The lowest BCUT2D eigenvalue weighted by Gasteiger charge is -2.11. The quantitative estimate of drug-likeness (QED) is 0.681. The number of hydrogen-bond donors (Lipinski definition) is 0. The van der Waals surface area contributed by atoms with Gasteiger partial charge in [0.25, 0.3) is 5.88 Å². The second-order valence-electron chi connectivity index (χ2n) is 3.71. The molecule has 0 spiro atoms. The smallest absolute Gasteiger partial charge is 0.254 e. The first-order valence-electron chi connectivity index (χ1n) is 4.14. The van der Waals surface area contributed by atoms with Crippen LogP contribution in [0.5, 0.6) is 5.88 Å². The largest absolute Gasteiger partial charge is 0.476 e. The van der Waals surface area contributed by atoms with Gasteiger partial charge in [-0.25, -0.2) is 0 Å². The lowest BCUT2D eigenvalue weighted by molar-refractivity contribution is 0.278. The standard InChI is InChI=1S/C9H15NO2/c1-5-11-8-6-7(12-10-8)9(2,3)4/h6H,5H2,1-4H3. The second-order valence-corrected chi connectivity index (χ2v) is 3.71. The van der Waals surface area contributed by atoms with Crippen LogP contribution in [0, 0.1) is 0 Å². The van der Waals surface area contributed by atoms with E-state index in [-0.39, 0.29) is 5.41 Å². The van der Waals surface area contributed by atoms with E-state index in [2.05, 4.69) is 25.9 Å². The lowest BCUT2D eigenvalue weighted by Crippen LogP contribution is -2.09. The van der Waals surface area contributed by atoms with Crippen molar-refractivity contribution in [2.75, 3.05) is 6.61 Å². The maximum atomic E-state index is 5.18. The van der Waals surface area contributed by atoms with Crippen LogP contribution in [0.25, 0.3) is 0 Å². The van der Waals surface area contributed by atoms with Crippen LogP contribution in [-0.2, 0) is 5.41 Å². The minimum Gasteiger partial charge on any atom is -0.476 e. The van der Waals surface area contributed by atoms with Crippen LogP contribution in [0.2, 0.25) is 0 Å². The first kappa shape index (κ1) is 9.10. The average Bonchev–Trinajstić information content (AvgIpc) is 2.35. The molecule has 0 aliphatic rings. The number of ether oxygens (including phenoxy) is 1. The molecule has 0 aliphatic carbocycles. The van der Waals surface area contributed by atoms with Crippen LogP contribution < -0.4 is 4.74 Å². The van der Waals surface area contributed by atoms with Crippen LogP contribution in [0.3, 0.4) is 0 Å². The molecule has 0 aliphatic heterocycles. The monoisotopic (exact) mass is 169 g/mol. The molecule has 68 valence electrons. The van der Waals surface area contributed by atoms with Gasteiger partial charge in [-0.2, -0.15) is 0 Å².